The van der Waals surface area contributed by atoms with Crippen molar-refractivity contribution in [2.24, 2.45) is 0 Å². The molecule has 0 aliphatic carbocycles. The van der Waals surface area contributed by atoms with Crippen molar-refractivity contribution >= 4 is 17.6 Å². The van der Waals surface area contributed by atoms with Crippen LogP contribution in [-0.4, -0.2) is 50.5 Å². The summed E-state index contributed by atoms with van der Waals surface area (Å²) in [5.41, 5.74) is 3.25. The Labute approximate surface area is 198 Å². The molecule has 1 atom stereocenters. The van der Waals surface area contributed by atoms with Crippen molar-refractivity contribution in [2.45, 2.75) is 44.8 Å². The summed E-state index contributed by atoms with van der Waals surface area (Å²) in [5, 5.41) is 16.8. The number of pyridine rings is 1. The zero-order chi connectivity index (χ0) is 24.3. The Kier molecular flexibility index (Phi) is 6.48. The fraction of sp³-hybridized carbons (Fsp3) is 0.308. The van der Waals surface area contributed by atoms with Crippen molar-refractivity contribution < 1.29 is 14.7 Å². The maximum Gasteiger partial charge on any atom is 0.342 e. The number of hydrogen-bond acceptors (Lipinski definition) is 5. The SMILES string of the molecule is CN1C(=O)C(NC(=O)n2cc(Cc3cccnc3)cn2)CCc2ccc(C#CC(C)(C)O)cc21. The van der Waals surface area contributed by atoms with E-state index in [1.54, 1.807) is 50.6 Å². The van der Waals surface area contributed by atoms with E-state index in [-0.39, 0.29) is 5.91 Å². The average Bonchev–Trinajstić information content (AvgIpc) is 3.24. The maximum atomic E-state index is 13.1. The fourth-order valence-corrected chi connectivity index (χ4v) is 3.82. The first-order chi connectivity index (χ1) is 16.2. The highest BCUT2D eigenvalue weighted by atomic mass is 16.3. The molecule has 0 bridgehead atoms. The summed E-state index contributed by atoms with van der Waals surface area (Å²) in [4.78, 5) is 31.6. The van der Waals surface area contributed by atoms with Crippen molar-refractivity contribution in [3.8, 4) is 11.8 Å². The molecule has 3 aromatic rings. The van der Waals surface area contributed by atoms with E-state index in [4.69, 9.17) is 0 Å². The van der Waals surface area contributed by atoms with Crippen LogP contribution >= 0.6 is 0 Å². The normalized spacial score (nSPS) is 15.7. The second-order valence-corrected chi connectivity index (χ2v) is 8.92. The third-order valence-electron chi connectivity index (χ3n) is 5.56. The molecule has 0 fully saturated rings. The number of anilines is 1. The molecular formula is C26H27N5O3. The van der Waals surface area contributed by atoms with E-state index in [0.717, 1.165) is 22.4 Å². The summed E-state index contributed by atoms with van der Waals surface area (Å²) in [6.07, 6.45) is 8.50. The van der Waals surface area contributed by atoms with E-state index < -0.39 is 17.7 Å². The number of aromatic nitrogens is 3. The molecule has 0 spiro atoms. The summed E-state index contributed by atoms with van der Waals surface area (Å²) >= 11 is 0. The number of carbonyl (C=O) groups is 2. The lowest BCUT2D eigenvalue weighted by molar-refractivity contribution is -0.120. The van der Waals surface area contributed by atoms with Crippen LogP contribution in [-0.2, 0) is 17.6 Å². The van der Waals surface area contributed by atoms with Gasteiger partial charge in [0.2, 0.25) is 5.91 Å². The van der Waals surface area contributed by atoms with Crippen LogP contribution in [0.4, 0.5) is 10.5 Å². The third kappa shape index (κ3) is 5.50. The molecule has 2 amide bonds. The van der Waals surface area contributed by atoms with Gasteiger partial charge in [-0.3, -0.25) is 9.78 Å². The zero-order valence-corrected chi connectivity index (χ0v) is 19.4. The van der Waals surface area contributed by atoms with E-state index in [9.17, 15) is 14.7 Å². The summed E-state index contributed by atoms with van der Waals surface area (Å²) in [6, 6.07) is 8.35. The van der Waals surface area contributed by atoms with Gasteiger partial charge in [0, 0.05) is 43.3 Å². The van der Waals surface area contributed by atoms with Gasteiger partial charge in [-0.15, -0.1) is 0 Å². The number of fused-ring (bicyclic) bond motifs is 1. The Balaban J connectivity index is 1.46. The van der Waals surface area contributed by atoms with E-state index in [1.807, 2.05) is 30.3 Å². The van der Waals surface area contributed by atoms with Crippen molar-refractivity contribution in [1.82, 2.24) is 20.1 Å². The van der Waals surface area contributed by atoms with Gasteiger partial charge in [-0.1, -0.05) is 24.0 Å². The number of amides is 2. The van der Waals surface area contributed by atoms with Gasteiger partial charge in [-0.2, -0.15) is 9.78 Å². The van der Waals surface area contributed by atoms with Crippen LogP contribution in [0.1, 0.15) is 42.5 Å². The lowest BCUT2D eigenvalue weighted by Crippen LogP contribution is -2.48. The molecule has 2 N–H and O–H groups in total. The first-order valence-electron chi connectivity index (χ1n) is 11.1. The summed E-state index contributed by atoms with van der Waals surface area (Å²) in [6.45, 7) is 3.24. The van der Waals surface area contributed by atoms with Crippen LogP contribution in [0.3, 0.4) is 0 Å². The molecule has 8 nitrogen and oxygen atoms in total. The van der Waals surface area contributed by atoms with E-state index in [2.05, 4.69) is 27.2 Å². The van der Waals surface area contributed by atoms with E-state index in [1.165, 1.54) is 4.68 Å². The molecule has 4 rings (SSSR count). The van der Waals surface area contributed by atoms with Crippen LogP contribution in [0.2, 0.25) is 0 Å². The highest BCUT2D eigenvalue weighted by Gasteiger charge is 2.30. The molecule has 2 aromatic heterocycles. The van der Waals surface area contributed by atoms with Crippen molar-refractivity contribution in [1.29, 1.82) is 0 Å². The summed E-state index contributed by atoms with van der Waals surface area (Å²) in [7, 11) is 1.69. The third-order valence-corrected chi connectivity index (χ3v) is 5.56. The Hall–Kier alpha value is -3.96. The number of aliphatic hydroxyl groups is 1. The van der Waals surface area contributed by atoms with Gasteiger partial charge in [0.15, 0.2) is 0 Å². The minimum absolute atomic E-state index is 0.206. The minimum atomic E-state index is -1.10. The molecule has 1 aromatic carbocycles. The zero-order valence-electron chi connectivity index (χ0n) is 19.4. The number of nitrogens with one attached hydrogen (secondary N) is 1. The Morgan fingerprint density at radius 1 is 1.26 bits per heavy atom. The lowest BCUT2D eigenvalue weighted by Gasteiger charge is -2.22. The van der Waals surface area contributed by atoms with E-state index >= 15 is 0 Å². The predicted octanol–water partition coefficient (Wildman–Crippen LogP) is 2.53. The van der Waals surface area contributed by atoms with Crippen molar-refractivity contribution in [2.75, 3.05) is 11.9 Å². The number of rotatable bonds is 3. The highest BCUT2D eigenvalue weighted by Crippen LogP contribution is 2.27. The molecule has 1 unspecified atom stereocenters. The summed E-state index contributed by atoms with van der Waals surface area (Å²) < 4.78 is 1.22. The molecule has 34 heavy (non-hydrogen) atoms. The predicted molar refractivity (Wildman–Crippen MR) is 128 cm³/mol. The number of carbonyl (C=O) groups excluding carboxylic acids is 2. The standard InChI is InChI=1S/C26H27N5O3/c1-26(2,34)11-10-18-6-7-21-8-9-22(24(32)30(3)23(21)14-18)29-25(33)31-17-20(16-28-31)13-19-5-4-12-27-15-19/h4-7,12,14-17,22,34H,8-9,13H2,1-3H3,(H,29,33). The first kappa shape index (κ1) is 23.2. The van der Waals surface area contributed by atoms with Crippen molar-refractivity contribution in [3.05, 3.63) is 77.4 Å². The highest BCUT2D eigenvalue weighted by molar-refractivity contribution is 6.00. The Morgan fingerprint density at radius 3 is 2.82 bits per heavy atom. The second-order valence-electron chi connectivity index (χ2n) is 8.92. The van der Waals surface area contributed by atoms with Crippen LogP contribution in [0.25, 0.3) is 0 Å². The number of aryl methyl sites for hydroxylation is 1. The van der Waals surface area contributed by atoms with Crippen LogP contribution < -0.4 is 10.2 Å². The molecule has 0 saturated heterocycles. The smallest absolute Gasteiger partial charge is 0.342 e. The van der Waals surface area contributed by atoms with Gasteiger partial charge >= 0.3 is 6.03 Å². The van der Waals surface area contributed by atoms with Gasteiger partial charge in [0.05, 0.1) is 6.20 Å². The monoisotopic (exact) mass is 457 g/mol. The largest absolute Gasteiger partial charge is 0.378 e. The molecule has 174 valence electrons. The van der Waals surface area contributed by atoms with Gasteiger partial charge in [-0.25, -0.2) is 4.79 Å². The van der Waals surface area contributed by atoms with Gasteiger partial charge in [0.1, 0.15) is 11.6 Å². The molecule has 3 heterocycles. The lowest BCUT2D eigenvalue weighted by atomic mass is 10.0. The number of likely N-dealkylation sites (N-methyl/N-ethyl adjacent to an activating group) is 1. The van der Waals surface area contributed by atoms with Crippen LogP contribution in [0.15, 0.2) is 55.1 Å². The minimum Gasteiger partial charge on any atom is -0.378 e. The van der Waals surface area contributed by atoms with Gasteiger partial charge < -0.3 is 15.3 Å². The van der Waals surface area contributed by atoms with Gasteiger partial charge in [-0.05, 0) is 61.6 Å². The van der Waals surface area contributed by atoms with Crippen LogP contribution in [0, 0.1) is 11.8 Å². The Morgan fingerprint density at radius 2 is 2.09 bits per heavy atom. The van der Waals surface area contributed by atoms with E-state index in [0.29, 0.717) is 24.8 Å². The number of hydrogen-bond donors (Lipinski definition) is 2. The molecule has 1 aliphatic heterocycles. The summed E-state index contributed by atoms with van der Waals surface area (Å²) in [5.74, 6) is 5.53. The first-order valence-corrected chi connectivity index (χ1v) is 11.1. The number of nitrogens with zero attached hydrogens (tertiary/aromatic N) is 4. The molecule has 1 aliphatic rings. The second kappa shape index (κ2) is 9.49. The molecular weight excluding hydrogens is 430 g/mol. The molecule has 0 saturated carbocycles. The quantitative estimate of drug-likeness (QED) is 0.589. The number of benzene rings is 1. The molecule has 0 radical (unpaired) electrons. The Bertz CT molecular complexity index is 1260. The maximum absolute atomic E-state index is 13.1. The van der Waals surface area contributed by atoms with Gasteiger partial charge in [0.25, 0.3) is 0 Å². The topological polar surface area (TPSA) is 100 Å². The van der Waals surface area contributed by atoms with Crippen molar-refractivity contribution in [3.63, 3.8) is 0 Å². The molecule has 8 heteroatoms. The van der Waals surface area contributed by atoms with Crippen LogP contribution in [0.5, 0.6) is 0 Å². The fourth-order valence-electron chi connectivity index (χ4n) is 3.82. The average molecular weight is 458 g/mol.